The van der Waals surface area contributed by atoms with Gasteiger partial charge in [-0.2, -0.15) is 5.26 Å². The van der Waals surface area contributed by atoms with Crippen LogP contribution in [-0.2, 0) is 14.3 Å². The molecule has 0 fully saturated rings. The maximum Gasteiger partial charge on any atom is 0.349 e. The van der Waals surface area contributed by atoms with E-state index >= 15 is 0 Å². The molecule has 0 unspecified atom stereocenters. The summed E-state index contributed by atoms with van der Waals surface area (Å²) in [7, 11) is 0. The summed E-state index contributed by atoms with van der Waals surface area (Å²) in [5.41, 5.74) is 0.957. The van der Waals surface area contributed by atoms with Crippen molar-refractivity contribution in [1.29, 1.82) is 5.26 Å². The second-order valence-electron chi connectivity index (χ2n) is 6.41. The number of rotatable bonds is 4. The van der Waals surface area contributed by atoms with Gasteiger partial charge in [-0.3, -0.25) is 10.1 Å². The number of benzene rings is 1. The van der Waals surface area contributed by atoms with Gasteiger partial charge in [0.05, 0.1) is 0 Å². The number of ether oxygens (including phenoxy) is 1. The van der Waals surface area contributed by atoms with Crippen LogP contribution in [0, 0.1) is 18.3 Å². The highest BCUT2D eigenvalue weighted by Gasteiger charge is 2.17. The number of hydrogen-bond acceptors (Lipinski definition) is 5. The monoisotopic (exact) mass is 343 g/mol. The van der Waals surface area contributed by atoms with Crippen LogP contribution in [0.4, 0.5) is 4.79 Å². The predicted molar refractivity (Wildman–Crippen MR) is 92.2 cm³/mol. The van der Waals surface area contributed by atoms with Gasteiger partial charge in [-0.25, -0.2) is 9.59 Å². The van der Waals surface area contributed by atoms with E-state index in [0.29, 0.717) is 5.56 Å². The van der Waals surface area contributed by atoms with Gasteiger partial charge < -0.3 is 10.1 Å². The predicted octanol–water partition coefficient (Wildman–Crippen LogP) is 2.07. The number of esters is 1. The van der Waals surface area contributed by atoms with E-state index in [2.05, 4.69) is 5.32 Å². The number of nitrogens with zero attached hydrogens (tertiary/aromatic N) is 1. The van der Waals surface area contributed by atoms with Gasteiger partial charge in [0, 0.05) is 5.54 Å². The van der Waals surface area contributed by atoms with Crippen molar-refractivity contribution in [2.45, 2.75) is 33.2 Å². The number of hydrogen-bond donors (Lipinski definition) is 2. The SMILES string of the molecule is Cc1ccc(/C=C(\C#N)C(=O)OCC(=O)NC(=O)NC(C)(C)C)cc1. The third-order valence-corrected chi connectivity index (χ3v) is 2.80. The number of nitriles is 1. The molecular formula is C18H21N3O4. The lowest BCUT2D eigenvalue weighted by Gasteiger charge is -2.20. The summed E-state index contributed by atoms with van der Waals surface area (Å²) >= 11 is 0. The molecule has 0 saturated heterocycles. The van der Waals surface area contributed by atoms with E-state index in [9.17, 15) is 14.4 Å². The standard InChI is InChI=1S/C18H21N3O4/c1-12-5-7-13(8-6-12)9-14(10-19)16(23)25-11-15(22)20-17(24)21-18(2,3)4/h5-9H,11H2,1-4H3,(H2,20,21,22,24)/b14-9+. The van der Waals surface area contributed by atoms with Gasteiger partial charge in [-0.05, 0) is 39.3 Å². The van der Waals surface area contributed by atoms with E-state index in [1.165, 1.54) is 6.08 Å². The quantitative estimate of drug-likeness (QED) is 0.494. The van der Waals surface area contributed by atoms with Gasteiger partial charge in [-0.1, -0.05) is 29.8 Å². The number of carbonyl (C=O) groups is 3. The molecule has 7 heteroatoms. The van der Waals surface area contributed by atoms with Gasteiger partial charge in [0.25, 0.3) is 5.91 Å². The number of imide groups is 1. The molecule has 1 aromatic carbocycles. The number of aryl methyl sites for hydroxylation is 1. The Bertz CT molecular complexity index is 722. The largest absolute Gasteiger partial charge is 0.451 e. The molecule has 0 heterocycles. The maximum absolute atomic E-state index is 11.9. The highest BCUT2D eigenvalue weighted by molar-refractivity contribution is 6.00. The molecule has 0 aromatic heterocycles. The molecule has 25 heavy (non-hydrogen) atoms. The fraction of sp³-hybridized carbons (Fsp3) is 0.333. The summed E-state index contributed by atoms with van der Waals surface area (Å²) < 4.78 is 4.76. The van der Waals surface area contributed by atoms with Crippen molar-refractivity contribution < 1.29 is 19.1 Å². The first-order chi connectivity index (χ1) is 11.6. The van der Waals surface area contributed by atoms with Crippen molar-refractivity contribution >= 4 is 24.0 Å². The zero-order valence-corrected chi connectivity index (χ0v) is 14.7. The number of nitrogens with one attached hydrogen (secondary N) is 2. The normalized spacial score (nSPS) is 11.2. The molecule has 0 aliphatic rings. The van der Waals surface area contributed by atoms with Gasteiger partial charge in [-0.15, -0.1) is 0 Å². The van der Waals surface area contributed by atoms with E-state index in [1.54, 1.807) is 39.0 Å². The van der Waals surface area contributed by atoms with Gasteiger partial charge in [0.1, 0.15) is 11.6 Å². The summed E-state index contributed by atoms with van der Waals surface area (Å²) in [5.74, 6) is -1.72. The van der Waals surface area contributed by atoms with Crippen molar-refractivity contribution in [2.24, 2.45) is 0 Å². The van der Waals surface area contributed by atoms with Gasteiger partial charge in [0.2, 0.25) is 0 Å². The Morgan fingerprint density at radius 2 is 1.80 bits per heavy atom. The van der Waals surface area contributed by atoms with Crippen LogP contribution in [-0.4, -0.2) is 30.1 Å². The van der Waals surface area contributed by atoms with Crippen LogP contribution in [0.1, 0.15) is 31.9 Å². The second-order valence-corrected chi connectivity index (χ2v) is 6.41. The summed E-state index contributed by atoms with van der Waals surface area (Å²) in [5, 5.41) is 13.6. The first kappa shape index (κ1) is 19.9. The van der Waals surface area contributed by atoms with Crippen molar-refractivity contribution in [3.63, 3.8) is 0 Å². The van der Waals surface area contributed by atoms with Crippen LogP contribution in [0.3, 0.4) is 0 Å². The summed E-state index contributed by atoms with van der Waals surface area (Å²) in [6.45, 7) is 6.52. The molecule has 0 spiro atoms. The summed E-state index contributed by atoms with van der Waals surface area (Å²) in [6.07, 6.45) is 1.37. The van der Waals surface area contributed by atoms with Crippen LogP contribution in [0.25, 0.3) is 6.08 Å². The van der Waals surface area contributed by atoms with Crippen molar-refractivity contribution in [3.05, 3.63) is 41.0 Å². The summed E-state index contributed by atoms with van der Waals surface area (Å²) in [6, 6.07) is 8.23. The van der Waals surface area contributed by atoms with Crippen LogP contribution < -0.4 is 10.6 Å². The molecule has 0 saturated carbocycles. The average Bonchev–Trinajstić information content (AvgIpc) is 2.50. The van der Waals surface area contributed by atoms with Crippen molar-refractivity contribution in [2.75, 3.05) is 6.61 Å². The van der Waals surface area contributed by atoms with E-state index in [0.717, 1.165) is 5.56 Å². The highest BCUT2D eigenvalue weighted by Crippen LogP contribution is 2.09. The van der Waals surface area contributed by atoms with Gasteiger partial charge >= 0.3 is 12.0 Å². The fourth-order valence-electron chi connectivity index (χ4n) is 1.71. The molecule has 0 aliphatic carbocycles. The molecule has 1 rings (SSSR count). The molecule has 132 valence electrons. The zero-order chi connectivity index (χ0) is 19.0. The fourth-order valence-corrected chi connectivity index (χ4v) is 1.71. The third kappa shape index (κ3) is 7.79. The van der Waals surface area contributed by atoms with Crippen LogP contribution >= 0.6 is 0 Å². The third-order valence-electron chi connectivity index (χ3n) is 2.80. The molecule has 3 amide bonds. The van der Waals surface area contributed by atoms with Crippen LogP contribution in [0.5, 0.6) is 0 Å². The minimum atomic E-state index is -0.936. The number of carbonyl (C=O) groups excluding carboxylic acids is 3. The maximum atomic E-state index is 11.9. The van der Waals surface area contributed by atoms with E-state index < -0.39 is 30.1 Å². The molecule has 0 bridgehead atoms. The van der Waals surface area contributed by atoms with Crippen LogP contribution in [0.15, 0.2) is 29.8 Å². The first-order valence-electron chi connectivity index (χ1n) is 7.58. The topological polar surface area (TPSA) is 108 Å². The average molecular weight is 343 g/mol. The summed E-state index contributed by atoms with van der Waals surface area (Å²) in [4.78, 5) is 35.0. The molecule has 2 N–H and O–H groups in total. The van der Waals surface area contributed by atoms with E-state index in [4.69, 9.17) is 10.00 Å². The molecule has 7 nitrogen and oxygen atoms in total. The Morgan fingerprint density at radius 3 is 2.32 bits per heavy atom. The highest BCUT2D eigenvalue weighted by atomic mass is 16.5. The Kier molecular flexibility index (Phi) is 6.88. The first-order valence-corrected chi connectivity index (χ1v) is 7.58. The minimum absolute atomic E-state index is 0.240. The molecule has 0 radical (unpaired) electrons. The Morgan fingerprint density at radius 1 is 1.20 bits per heavy atom. The smallest absolute Gasteiger partial charge is 0.349 e. The van der Waals surface area contributed by atoms with E-state index in [-0.39, 0.29) is 5.57 Å². The molecular weight excluding hydrogens is 322 g/mol. The Hall–Kier alpha value is -3.14. The molecule has 0 aliphatic heterocycles. The van der Waals surface area contributed by atoms with Crippen LogP contribution in [0.2, 0.25) is 0 Å². The number of urea groups is 1. The minimum Gasteiger partial charge on any atom is -0.451 e. The Balaban J connectivity index is 2.59. The number of amides is 3. The molecule has 1 aromatic rings. The van der Waals surface area contributed by atoms with Gasteiger partial charge in [0.15, 0.2) is 6.61 Å². The van der Waals surface area contributed by atoms with Crippen molar-refractivity contribution in [1.82, 2.24) is 10.6 Å². The Labute approximate surface area is 146 Å². The zero-order valence-electron chi connectivity index (χ0n) is 14.7. The lowest BCUT2D eigenvalue weighted by Crippen LogP contribution is -2.49. The lowest BCUT2D eigenvalue weighted by atomic mass is 10.1. The molecule has 0 atom stereocenters. The van der Waals surface area contributed by atoms with Crippen molar-refractivity contribution in [3.8, 4) is 6.07 Å². The second kappa shape index (κ2) is 8.64. The lowest BCUT2D eigenvalue weighted by molar-refractivity contribution is -0.144. The van der Waals surface area contributed by atoms with E-state index in [1.807, 2.05) is 24.4 Å².